The Kier molecular flexibility index (Phi) is 5.30. The summed E-state index contributed by atoms with van der Waals surface area (Å²) in [6.45, 7) is 6.36. The Labute approximate surface area is 107 Å². The zero-order valence-electron chi connectivity index (χ0n) is 11.6. The molecule has 0 amide bonds. The molecule has 0 aliphatic heterocycles. The fourth-order valence-corrected chi connectivity index (χ4v) is 3.66. The Balaban J connectivity index is 1.71. The smallest absolute Gasteiger partial charge is 0.0580 e. The Morgan fingerprint density at radius 1 is 1.18 bits per heavy atom. The lowest BCUT2D eigenvalue weighted by atomic mass is 9.76. The molecule has 2 aliphatic rings. The second-order valence-electron chi connectivity index (χ2n) is 5.86. The van der Waals surface area contributed by atoms with Crippen LogP contribution in [0.2, 0.25) is 0 Å². The highest BCUT2D eigenvalue weighted by atomic mass is 16.5. The van der Waals surface area contributed by atoms with Crippen molar-refractivity contribution in [1.82, 2.24) is 5.32 Å². The summed E-state index contributed by atoms with van der Waals surface area (Å²) in [7, 11) is 0. The number of nitrogens with one attached hydrogen (secondary N) is 1. The highest BCUT2D eigenvalue weighted by Crippen LogP contribution is 2.37. The van der Waals surface area contributed by atoms with Gasteiger partial charge in [-0.3, -0.25) is 0 Å². The van der Waals surface area contributed by atoms with Crippen LogP contribution in [0.1, 0.15) is 58.8 Å². The van der Waals surface area contributed by atoms with Gasteiger partial charge in [-0.1, -0.05) is 19.8 Å². The predicted molar refractivity (Wildman–Crippen MR) is 72.2 cm³/mol. The van der Waals surface area contributed by atoms with Gasteiger partial charge in [0.1, 0.15) is 0 Å². The highest BCUT2D eigenvalue weighted by Gasteiger charge is 2.34. The van der Waals surface area contributed by atoms with E-state index in [0.29, 0.717) is 6.10 Å². The van der Waals surface area contributed by atoms with E-state index in [-0.39, 0.29) is 0 Å². The molecule has 0 spiro atoms. The minimum absolute atomic E-state index is 0.579. The van der Waals surface area contributed by atoms with E-state index >= 15 is 0 Å². The molecular formula is C15H29NO. The van der Waals surface area contributed by atoms with Crippen molar-refractivity contribution < 1.29 is 4.74 Å². The quantitative estimate of drug-likeness (QED) is 0.735. The normalized spacial score (nSPS) is 31.4. The van der Waals surface area contributed by atoms with E-state index in [2.05, 4.69) is 19.2 Å². The van der Waals surface area contributed by atoms with Crippen LogP contribution in [0.4, 0.5) is 0 Å². The molecule has 2 heteroatoms. The molecule has 0 radical (unpaired) electrons. The lowest BCUT2D eigenvalue weighted by Crippen LogP contribution is -2.41. The van der Waals surface area contributed by atoms with Crippen molar-refractivity contribution in [1.29, 1.82) is 0 Å². The molecule has 0 bridgehead atoms. The van der Waals surface area contributed by atoms with Crippen molar-refractivity contribution in [3.05, 3.63) is 0 Å². The van der Waals surface area contributed by atoms with E-state index in [0.717, 1.165) is 31.0 Å². The topological polar surface area (TPSA) is 21.3 Å². The van der Waals surface area contributed by atoms with Crippen LogP contribution in [0.5, 0.6) is 0 Å². The Hall–Kier alpha value is -0.0800. The van der Waals surface area contributed by atoms with Crippen LogP contribution in [0, 0.1) is 11.8 Å². The molecule has 0 aromatic heterocycles. The number of rotatable bonds is 7. The third-order valence-corrected chi connectivity index (χ3v) is 4.62. The van der Waals surface area contributed by atoms with Gasteiger partial charge in [0.2, 0.25) is 0 Å². The fraction of sp³-hybridized carbons (Fsp3) is 1.00. The van der Waals surface area contributed by atoms with Crippen molar-refractivity contribution in [3.63, 3.8) is 0 Å². The number of ether oxygens (including phenoxy) is 1. The van der Waals surface area contributed by atoms with Gasteiger partial charge < -0.3 is 10.1 Å². The lowest BCUT2D eigenvalue weighted by Gasteiger charge is -2.38. The van der Waals surface area contributed by atoms with Crippen molar-refractivity contribution in [2.75, 3.05) is 13.2 Å². The van der Waals surface area contributed by atoms with E-state index < -0.39 is 0 Å². The summed E-state index contributed by atoms with van der Waals surface area (Å²) >= 11 is 0. The van der Waals surface area contributed by atoms with Crippen LogP contribution < -0.4 is 5.32 Å². The molecule has 1 atom stereocenters. The molecule has 2 rings (SSSR count). The third kappa shape index (κ3) is 3.69. The van der Waals surface area contributed by atoms with Gasteiger partial charge >= 0.3 is 0 Å². The molecule has 2 saturated carbocycles. The van der Waals surface area contributed by atoms with E-state index in [4.69, 9.17) is 4.74 Å². The van der Waals surface area contributed by atoms with E-state index in [9.17, 15) is 0 Å². The summed E-state index contributed by atoms with van der Waals surface area (Å²) in [4.78, 5) is 0. The van der Waals surface area contributed by atoms with Gasteiger partial charge in [-0.2, -0.15) is 0 Å². The largest absolute Gasteiger partial charge is 0.378 e. The molecule has 0 heterocycles. The molecule has 2 fully saturated rings. The van der Waals surface area contributed by atoms with Crippen LogP contribution in [0.3, 0.4) is 0 Å². The molecule has 1 N–H and O–H groups in total. The first-order valence-electron chi connectivity index (χ1n) is 7.68. The molecule has 0 saturated heterocycles. The summed E-state index contributed by atoms with van der Waals surface area (Å²) in [6, 6.07) is 0.787. The van der Waals surface area contributed by atoms with Gasteiger partial charge in [0.15, 0.2) is 0 Å². The molecule has 0 aromatic carbocycles. The second kappa shape index (κ2) is 6.75. The zero-order valence-corrected chi connectivity index (χ0v) is 11.6. The average Bonchev–Trinajstić information content (AvgIpc) is 2.78. The zero-order chi connectivity index (χ0) is 12.1. The van der Waals surface area contributed by atoms with Gasteiger partial charge in [0, 0.05) is 12.6 Å². The van der Waals surface area contributed by atoms with Gasteiger partial charge in [0.05, 0.1) is 6.10 Å². The second-order valence-corrected chi connectivity index (χ2v) is 5.86. The summed E-state index contributed by atoms with van der Waals surface area (Å²) < 4.78 is 5.65. The van der Waals surface area contributed by atoms with E-state index in [1.807, 2.05) is 0 Å². The monoisotopic (exact) mass is 239 g/mol. The van der Waals surface area contributed by atoms with Crippen LogP contribution >= 0.6 is 0 Å². The van der Waals surface area contributed by atoms with Crippen LogP contribution in [0.15, 0.2) is 0 Å². The minimum Gasteiger partial charge on any atom is -0.378 e. The van der Waals surface area contributed by atoms with Gasteiger partial charge in [-0.05, 0) is 57.4 Å². The summed E-state index contributed by atoms with van der Waals surface area (Å²) in [6.07, 6.45) is 10.4. The first-order valence-corrected chi connectivity index (χ1v) is 7.68. The maximum atomic E-state index is 5.65. The standard InChI is InChI=1S/C15H29NO/c1-3-16-15(13-7-5-6-8-13)11-12-9-14(10-12)17-4-2/h12-16H,3-11H2,1-2H3. The van der Waals surface area contributed by atoms with E-state index in [1.165, 1.54) is 44.9 Å². The van der Waals surface area contributed by atoms with Crippen molar-refractivity contribution in [2.45, 2.75) is 70.9 Å². The van der Waals surface area contributed by atoms with Gasteiger partial charge in [0.25, 0.3) is 0 Å². The van der Waals surface area contributed by atoms with Crippen LogP contribution in [-0.2, 0) is 4.74 Å². The lowest BCUT2D eigenvalue weighted by molar-refractivity contribution is -0.0306. The minimum atomic E-state index is 0.579. The summed E-state index contributed by atoms with van der Waals surface area (Å²) in [5, 5.41) is 3.73. The fourth-order valence-electron chi connectivity index (χ4n) is 3.66. The Morgan fingerprint density at radius 3 is 2.47 bits per heavy atom. The molecule has 2 nitrogen and oxygen atoms in total. The summed E-state index contributed by atoms with van der Waals surface area (Å²) in [5.41, 5.74) is 0. The Morgan fingerprint density at radius 2 is 1.88 bits per heavy atom. The Bertz CT molecular complexity index is 207. The number of hydrogen-bond donors (Lipinski definition) is 1. The molecule has 2 aliphatic carbocycles. The SMILES string of the molecule is CCNC(CC1CC(OCC)C1)C1CCCC1. The average molecular weight is 239 g/mol. The van der Waals surface area contributed by atoms with E-state index in [1.54, 1.807) is 0 Å². The molecular weight excluding hydrogens is 210 g/mol. The first-order chi connectivity index (χ1) is 8.33. The summed E-state index contributed by atoms with van der Waals surface area (Å²) in [5.74, 6) is 1.89. The third-order valence-electron chi connectivity index (χ3n) is 4.62. The first kappa shape index (κ1) is 13.4. The molecule has 17 heavy (non-hydrogen) atoms. The molecule has 0 aromatic rings. The van der Waals surface area contributed by atoms with Gasteiger partial charge in [-0.25, -0.2) is 0 Å². The molecule has 1 unspecified atom stereocenters. The number of hydrogen-bond acceptors (Lipinski definition) is 2. The van der Waals surface area contributed by atoms with Crippen molar-refractivity contribution in [3.8, 4) is 0 Å². The predicted octanol–water partition coefficient (Wildman–Crippen LogP) is 3.36. The maximum absolute atomic E-state index is 5.65. The highest BCUT2D eigenvalue weighted by molar-refractivity contribution is 4.88. The molecule has 100 valence electrons. The maximum Gasteiger partial charge on any atom is 0.0580 e. The van der Waals surface area contributed by atoms with Gasteiger partial charge in [-0.15, -0.1) is 0 Å². The van der Waals surface area contributed by atoms with Crippen LogP contribution in [0.25, 0.3) is 0 Å². The van der Waals surface area contributed by atoms with Crippen molar-refractivity contribution >= 4 is 0 Å². The van der Waals surface area contributed by atoms with Crippen LogP contribution in [-0.4, -0.2) is 25.3 Å². The van der Waals surface area contributed by atoms with Crippen molar-refractivity contribution in [2.24, 2.45) is 11.8 Å².